The first-order valence-electron chi connectivity index (χ1n) is 12.2. The number of hydrogen-bond donors (Lipinski definition) is 2. The normalized spacial score (nSPS) is 17.4. The highest BCUT2D eigenvalue weighted by molar-refractivity contribution is 7.85. The number of anilines is 2. The Morgan fingerprint density at radius 3 is 2.73 bits per heavy atom. The van der Waals surface area contributed by atoms with Gasteiger partial charge in [-0.3, -0.25) is 14.3 Å². The molecule has 0 radical (unpaired) electrons. The number of carbonyl (C=O) groups is 2. The van der Waals surface area contributed by atoms with Crippen LogP contribution in [0.15, 0.2) is 33.9 Å². The van der Waals surface area contributed by atoms with Crippen LogP contribution in [0.3, 0.4) is 0 Å². The van der Waals surface area contributed by atoms with E-state index in [2.05, 4.69) is 15.3 Å². The molecule has 0 fully saturated rings. The largest absolute Gasteiger partial charge is 0.461 e. The van der Waals surface area contributed by atoms with Crippen molar-refractivity contribution in [3.63, 3.8) is 0 Å². The molecule has 0 aromatic carbocycles. The number of aryl methyl sites for hydroxylation is 1. The maximum atomic E-state index is 12.8. The van der Waals surface area contributed by atoms with Gasteiger partial charge in [0.15, 0.2) is 11.4 Å². The van der Waals surface area contributed by atoms with Crippen LogP contribution in [0.4, 0.5) is 16.6 Å². The maximum absolute atomic E-state index is 12.8. The third-order valence-corrected chi connectivity index (χ3v) is 8.13. The molecule has 0 aliphatic carbocycles. The minimum Gasteiger partial charge on any atom is -0.461 e. The van der Waals surface area contributed by atoms with Crippen LogP contribution < -0.4 is 15.5 Å². The number of nitrogens with one attached hydrogen (secondary N) is 2. The molecule has 16 heteroatoms. The number of alkyl halides is 3. The lowest BCUT2D eigenvalue weighted by Gasteiger charge is -2.30. The predicted octanol–water partition coefficient (Wildman–Crippen LogP) is 3.78. The molecule has 2 aliphatic heterocycles. The SMILES string of the molecule is CC(C)(COC(=O)NC(=O)C(Cl)(Cl)Cl)Nc1nc(N2CC=C(c3ncc4occc4n3)CC2)nc2c1[S@](=O)CC2. The molecular weight excluding hydrogens is 605 g/mol. The van der Waals surface area contributed by atoms with Gasteiger partial charge in [0.1, 0.15) is 22.8 Å². The van der Waals surface area contributed by atoms with Crippen molar-refractivity contribution in [2.45, 2.75) is 40.9 Å². The summed E-state index contributed by atoms with van der Waals surface area (Å²) in [7, 11) is -1.28. The lowest BCUT2D eigenvalue weighted by molar-refractivity contribution is -0.119. The van der Waals surface area contributed by atoms with Gasteiger partial charge in [-0.2, -0.15) is 4.98 Å². The molecule has 40 heavy (non-hydrogen) atoms. The zero-order chi connectivity index (χ0) is 28.7. The summed E-state index contributed by atoms with van der Waals surface area (Å²) in [6, 6.07) is 1.80. The molecule has 2 amide bonds. The Bertz CT molecular complexity index is 1540. The third kappa shape index (κ3) is 6.32. The van der Waals surface area contributed by atoms with Gasteiger partial charge in [0, 0.05) is 31.3 Å². The smallest absolute Gasteiger partial charge is 0.414 e. The molecule has 0 saturated heterocycles. The quantitative estimate of drug-likeness (QED) is 0.384. The van der Waals surface area contributed by atoms with Crippen LogP contribution in [0.5, 0.6) is 0 Å². The van der Waals surface area contributed by atoms with Crippen LogP contribution in [0.1, 0.15) is 31.8 Å². The lowest BCUT2D eigenvalue weighted by atomic mass is 10.1. The standard InChI is InChI=1S/C24H24Cl3N7O5S/c1-23(2,12-39-22(36)32-20(35)24(25,26)27)33-19-17-15(6-10-40(17)37)30-21(31-19)34-7-3-13(4-8-34)18-28-11-16-14(29-18)5-9-38-16/h3,5,9,11H,4,6-8,10,12H2,1-2H3,(H,30,31,33)(H,32,35,36)/t40-/m1/s1. The number of nitrogens with zero attached hydrogens (tertiary/aromatic N) is 5. The van der Waals surface area contributed by atoms with Gasteiger partial charge in [0.05, 0.1) is 34.5 Å². The van der Waals surface area contributed by atoms with E-state index in [1.165, 1.54) is 0 Å². The Balaban J connectivity index is 1.30. The van der Waals surface area contributed by atoms with Crippen LogP contribution in [-0.4, -0.2) is 70.9 Å². The van der Waals surface area contributed by atoms with Crippen molar-refractivity contribution in [2.75, 3.05) is 35.7 Å². The van der Waals surface area contributed by atoms with Crippen molar-refractivity contribution < 1.29 is 23.0 Å². The summed E-state index contributed by atoms with van der Waals surface area (Å²) in [4.78, 5) is 44.7. The minimum atomic E-state index is -2.31. The number of aromatic nitrogens is 4. The van der Waals surface area contributed by atoms with E-state index >= 15 is 0 Å². The number of furan rings is 1. The number of amides is 2. The lowest BCUT2D eigenvalue weighted by Crippen LogP contribution is -2.43. The molecule has 3 aromatic rings. The summed E-state index contributed by atoms with van der Waals surface area (Å²) < 4.78 is 21.0. The zero-order valence-electron chi connectivity index (χ0n) is 21.4. The highest BCUT2D eigenvalue weighted by Gasteiger charge is 2.34. The first-order valence-corrected chi connectivity index (χ1v) is 14.6. The Morgan fingerprint density at radius 1 is 1.20 bits per heavy atom. The average molecular weight is 629 g/mol. The van der Waals surface area contributed by atoms with Crippen molar-refractivity contribution in [1.82, 2.24) is 25.3 Å². The second kappa shape index (κ2) is 11.1. The zero-order valence-corrected chi connectivity index (χ0v) is 24.5. The van der Waals surface area contributed by atoms with Gasteiger partial charge in [-0.05, 0) is 25.8 Å². The van der Waals surface area contributed by atoms with E-state index in [-0.39, 0.29) is 6.61 Å². The Morgan fingerprint density at radius 2 is 2.00 bits per heavy atom. The van der Waals surface area contributed by atoms with E-state index in [1.807, 2.05) is 16.3 Å². The molecular formula is C24H24Cl3N7O5S. The predicted molar refractivity (Wildman–Crippen MR) is 151 cm³/mol. The van der Waals surface area contributed by atoms with E-state index in [0.29, 0.717) is 65.4 Å². The molecule has 0 unspecified atom stereocenters. The second-order valence-corrected chi connectivity index (χ2v) is 13.6. The topological polar surface area (TPSA) is 152 Å². The molecule has 0 spiro atoms. The summed E-state index contributed by atoms with van der Waals surface area (Å²) in [5.74, 6) is 0.852. The molecule has 1 atom stereocenters. The molecule has 0 saturated carbocycles. The van der Waals surface area contributed by atoms with Gasteiger partial charge in [-0.25, -0.2) is 19.7 Å². The Labute approximate surface area is 246 Å². The van der Waals surface area contributed by atoms with Gasteiger partial charge in [0.25, 0.3) is 9.70 Å². The molecule has 5 rings (SSSR count). The molecule has 2 N–H and O–H groups in total. The monoisotopic (exact) mass is 627 g/mol. The average Bonchev–Trinajstić information content (AvgIpc) is 3.53. The van der Waals surface area contributed by atoms with E-state index in [9.17, 15) is 13.8 Å². The van der Waals surface area contributed by atoms with Crippen molar-refractivity contribution in [3.05, 3.63) is 36.1 Å². The van der Waals surface area contributed by atoms with E-state index in [4.69, 9.17) is 53.9 Å². The van der Waals surface area contributed by atoms with Crippen LogP contribution in [0.25, 0.3) is 16.7 Å². The molecule has 3 aromatic heterocycles. The second-order valence-electron chi connectivity index (χ2n) is 9.77. The first kappa shape index (κ1) is 28.5. The number of alkyl carbamates (subject to hydrolysis) is 1. The summed E-state index contributed by atoms with van der Waals surface area (Å²) in [5, 5.41) is 5.09. The summed E-state index contributed by atoms with van der Waals surface area (Å²) >= 11 is 16.4. The van der Waals surface area contributed by atoms with Gasteiger partial charge in [0.2, 0.25) is 5.95 Å². The van der Waals surface area contributed by atoms with Crippen molar-refractivity contribution >= 4 is 86.0 Å². The fourth-order valence-electron chi connectivity index (χ4n) is 4.19. The van der Waals surface area contributed by atoms with E-state index in [1.54, 1.807) is 32.4 Å². The highest BCUT2D eigenvalue weighted by Crippen LogP contribution is 2.33. The van der Waals surface area contributed by atoms with Crippen LogP contribution >= 0.6 is 34.8 Å². The number of hydrogen-bond acceptors (Lipinski definition) is 11. The van der Waals surface area contributed by atoms with Crippen molar-refractivity contribution in [2.24, 2.45) is 0 Å². The van der Waals surface area contributed by atoms with Gasteiger partial charge in [-0.15, -0.1) is 0 Å². The molecule has 212 valence electrons. The van der Waals surface area contributed by atoms with Crippen LogP contribution in [-0.2, 0) is 26.8 Å². The number of carbonyl (C=O) groups excluding carboxylic acids is 2. The van der Waals surface area contributed by atoms with Gasteiger partial charge in [-0.1, -0.05) is 40.9 Å². The minimum absolute atomic E-state index is 0.177. The number of rotatable bonds is 6. The molecule has 0 bridgehead atoms. The third-order valence-electron chi connectivity index (χ3n) is 6.15. The Kier molecular flexibility index (Phi) is 7.92. The van der Waals surface area contributed by atoms with Crippen LogP contribution in [0.2, 0.25) is 0 Å². The molecule has 12 nitrogen and oxygen atoms in total. The summed E-state index contributed by atoms with van der Waals surface area (Å²) in [6.07, 6.45) is 5.45. The summed E-state index contributed by atoms with van der Waals surface area (Å²) in [6.45, 7) is 4.51. The number of imide groups is 1. The van der Waals surface area contributed by atoms with E-state index in [0.717, 1.165) is 11.1 Å². The number of halogens is 3. The Hall–Kier alpha value is -3.00. The fourth-order valence-corrected chi connectivity index (χ4v) is 5.63. The highest BCUT2D eigenvalue weighted by atomic mass is 35.6. The fraction of sp³-hybridized carbons (Fsp3) is 0.417. The van der Waals surface area contributed by atoms with E-state index < -0.39 is 32.1 Å². The van der Waals surface area contributed by atoms with Crippen LogP contribution in [0, 0.1) is 0 Å². The van der Waals surface area contributed by atoms with Crippen molar-refractivity contribution in [3.8, 4) is 0 Å². The summed E-state index contributed by atoms with van der Waals surface area (Å²) in [5.41, 5.74) is 2.24. The molecule has 2 aliphatic rings. The van der Waals surface area contributed by atoms with Gasteiger partial charge < -0.3 is 19.4 Å². The number of ether oxygens (including phenoxy) is 1. The van der Waals surface area contributed by atoms with Gasteiger partial charge >= 0.3 is 6.09 Å². The molecule has 5 heterocycles. The van der Waals surface area contributed by atoms with Crippen molar-refractivity contribution in [1.29, 1.82) is 0 Å². The first-order chi connectivity index (χ1) is 18.9. The number of fused-ring (bicyclic) bond motifs is 2. The maximum Gasteiger partial charge on any atom is 0.414 e.